The fourth-order valence-electron chi connectivity index (χ4n) is 1.31. The van der Waals surface area contributed by atoms with Crippen LogP contribution in [0.5, 0.6) is 0 Å². The van der Waals surface area contributed by atoms with E-state index in [1.165, 1.54) is 0 Å². The Bertz CT molecular complexity index is 539. The average molecular weight is 266 g/mol. The number of amides is 1. The van der Waals surface area contributed by atoms with Gasteiger partial charge in [-0.2, -0.15) is 5.26 Å². The SMILES string of the molecule is CC(C)C(=O)CNC(=O)c1c(F)cc(C#N)cc1F. The number of nitriles is 1. The van der Waals surface area contributed by atoms with E-state index in [4.69, 9.17) is 5.26 Å². The summed E-state index contributed by atoms with van der Waals surface area (Å²) >= 11 is 0. The maximum absolute atomic E-state index is 13.5. The maximum atomic E-state index is 13.5. The molecular formula is C13H12F2N2O2. The Kier molecular flexibility index (Phi) is 4.70. The summed E-state index contributed by atoms with van der Waals surface area (Å²) in [5.41, 5.74) is -1.01. The minimum Gasteiger partial charge on any atom is -0.345 e. The highest BCUT2D eigenvalue weighted by molar-refractivity contribution is 5.97. The Morgan fingerprint density at radius 1 is 1.32 bits per heavy atom. The van der Waals surface area contributed by atoms with Crippen LogP contribution in [0.2, 0.25) is 0 Å². The molecule has 0 fully saturated rings. The Labute approximate surface area is 109 Å². The normalized spacial score (nSPS) is 10.1. The number of ketones is 1. The molecule has 1 aromatic carbocycles. The molecule has 6 heteroatoms. The van der Waals surface area contributed by atoms with Gasteiger partial charge in [0.2, 0.25) is 0 Å². The predicted octanol–water partition coefficient (Wildman–Crippen LogP) is 1.79. The summed E-state index contributed by atoms with van der Waals surface area (Å²) in [4.78, 5) is 22.9. The first-order chi connectivity index (χ1) is 8.86. The van der Waals surface area contributed by atoms with Gasteiger partial charge in [0.05, 0.1) is 18.2 Å². The number of hydrogen-bond donors (Lipinski definition) is 1. The molecule has 1 amide bonds. The van der Waals surface area contributed by atoms with Gasteiger partial charge < -0.3 is 5.32 Å². The highest BCUT2D eigenvalue weighted by Gasteiger charge is 2.19. The largest absolute Gasteiger partial charge is 0.345 e. The lowest BCUT2D eigenvalue weighted by atomic mass is 10.1. The molecule has 0 spiro atoms. The first kappa shape index (κ1) is 14.8. The molecule has 0 unspecified atom stereocenters. The summed E-state index contributed by atoms with van der Waals surface area (Å²) < 4.78 is 27.0. The van der Waals surface area contributed by atoms with E-state index in [-0.39, 0.29) is 23.8 Å². The fraction of sp³-hybridized carbons (Fsp3) is 0.308. The Morgan fingerprint density at radius 2 is 1.84 bits per heavy atom. The van der Waals surface area contributed by atoms with Crippen LogP contribution in [0.1, 0.15) is 29.8 Å². The molecule has 0 saturated heterocycles. The maximum Gasteiger partial charge on any atom is 0.257 e. The highest BCUT2D eigenvalue weighted by Crippen LogP contribution is 2.15. The molecule has 0 heterocycles. The lowest BCUT2D eigenvalue weighted by Crippen LogP contribution is -2.32. The number of hydrogen-bond acceptors (Lipinski definition) is 3. The Morgan fingerprint density at radius 3 is 2.26 bits per heavy atom. The Balaban J connectivity index is 2.90. The van der Waals surface area contributed by atoms with Crippen molar-refractivity contribution >= 4 is 11.7 Å². The minimum absolute atomic E-state index is 0.218. The van der Waals surface area contributed by atoms with E-state index in [0.717, 1.165) is 12.1 Å². The van der Waals surface area contributed by atoms with Crippen molar-refractivity contribution in [2.75, 3.05) is 6.54 Å². The number of rotatable bonds is 4. The van der Waals surface area contributed by atoms with Crippen molar-refractivity contribution in [3.05, 3.63) is 34.9 Å². The molecule has 0 atom stereocenters. The second kappa shape index (κ2) is 6.05. The predicted molar refractivity (Wildman–Crippen MR) is 63.3 cm³/mol. The lowest BCUT2D eigenvalue weighted by Gasteiger charge is -2.08. The van der Waals surface area contributed by atoms with Gasteiger partial charge in [0.15, 0.2) is 5.78 Å². The van der Waals surface area contributed by atoms with Gasteiger partial charge in [-0.1, -0.05) is 13.8 Å². The molecule has 0 saturated carbocycles. The van der Waals surface area contributed by atoms with Crippen LogP contribution in [-0.2, 0) is 4.79 Å². The number of nitrogens with zero attached hydrogens (tertiary/aromatic N) is 1. The van der Waals surface area contributed by atoms with E-state index in [0.29, 0.717) is 0 Å². The molecule has 0 aliphatic heterocycles. The number of Topliss-reactive ketones (excluding diaryl/α,β-unsaturated/α-hetero) is 1. The van der Waals surface area contributed by atoms with Crippen LogP contribution in [0, 0.1) is 28.9 Å². The molecule has 1 N–H and O–H groups in total. The minimum atomic E-state index is -1.13. The Hall–Kier alpha value is -2.29. The van der Waals surface area contributed by atoms with Crippen molar-refractivity contribution in [3.8, 4) is 6.07 Å². The zero-order valence-corrected chi connectivity index (χ0v) is 10.5. The van der Waals surface area contributed by atoms with Crippen molar-refractivity contribution in [3.63, 3.8) is 0 Å². The van der Waals surface area contributed by atoms with E-state index in [9.17, 15) is 18.4 Å². The number of halogens is 2. The van der Waals surface area contributed by atoms with Gasteiger partial charge in [0, 0.05) is 5.92 Å². The van der Waals surface area contributed by atoms with Crippen molar-refractivity contribution in [2.24, 2.45) is 5.92 Å². The highest BCUT2D eigenvalue weighted by atomic mass is 19.1. The first-order valence-electron chi connectivity index (χ1n) is 5.57. The van der Waals surface area contributed by atoms with Crippen LogP contribution < -0.4 is 5.32 Å². The van der Waals surface area contributed by atoms with Crippen molar-refractivity contribution in [2.45, 2.75) is 13.8 Å². The molecule has 4 nitrogen and oxygen atoms in total. The van der Waals surface area contributed by atoms with Crippen molar-refractivity contribution in [1.29, 1.82) is 5.26 Å². The molecular weight excluding hydrogens is 254 g/mol. The molecule has 19 heavy (non-hydrogen) atoms. The lowest BCUT2D eigenvalue weighted by molar-refractivity contribution is -0.120. The summed E-state index contributed by atoms with van der Waals surface area (Å²) in [5.74, 6) is -3.82. The number of carbonyl (C=O) groups is 2. The number of benzene rings is 1. The molecule has 0 aliphatic carbocycles. The van der Waals surface area contributed by atoms with Crippen LogP contribution in [0.4, 0.5) is 8.78 Å². The van der Waals surface area contributed by atoms with Crippen LogP contribution >= 0.6 is 0 Å². The monoisotopic (exact) mass is 266 g/mol. The number of nitrogens with one attached hydrogen (secondary N) is 1. The zero-order valence-electron chi connectivity index (χ0n) is 10.5. The molecule has 1 aromatic rings. The molecule has 0 aliphatic rings. The van der Waals surface area contributed by atoms with E-state index in [2.05, 4.69) is 5.32 Å². The van der Waals surface area contributed by atoms with E-state index in [1.807, 2.05) is 0 Å². The molecule has 0 radical (unpaired) electrons. The third-order valence-electron chi connectivity index (χ3n) is 2.47. The third kappa shape index (κ3) is 3.58. The van der Waals surface area contributed by atoms with Crippen molar-refractivity contribution < 1.29 is 18.4 Å². The average Bonchev–Trinajstić information content (AvgIpc) is 2.34. The quantitative estimate of drug-likeness (QED) is 0.903. The van der Waals surface area contributed by atoms with Crippen LogP contribution in [-0.4, -0.2) is 18.2 Å². The van der Waals surface area contributed by atoms with Gasteiger partial charge in [0.25, 0.3) is 5.91 Å². The summed E-state index contributed by atoms with van der Waals surface area (Å²) in [6, 6.07) is 3.11. The van der Waals surface area contributed by atoms with E-state index in [1.54, 1.807) is 19.9 Å². The summed E-state index contributed by atoms with van der Waals surface area (Å²) in [5, 5.41) is 10.7. The van der Waals surface area contributed by atoms with Crippen LogP contribution in [0.25, 0.3) is 0 Å². The smallest absolute Gasteiger partial charge is 0.257 e. The summed E-state index contributed by atoms with van der Waals surface area (Å²) in [6.45, 7) is 3.00. The van der Waals surface area contributed by atoms with Gasteiger partial charge in [0.1, 0.15) is 17.2 Å². The second-order valence-corrected chi connectivity index (χ2v) is 4.23. The fourth-order valence-corrected chi connectivity index (χ4v) is 1.31. The van der Waals surface area contributed by atoms with Gasteiger partial charge in [-0.15, -0.1) is 0 Å². The number of carbonyl (C=O) groups excluding carboxylic acids is 2. The zero-order chi connectivity index (χ0) is 14.6. The van der Waals surface area contributed by atoms with Gasteiger partial charge in [-0.3, -0.25) is 9.59 Å². The first-order valence-corrected chi connectivity index (χ1v) is 5.57. The van der Waals surface area contributed by atoms with Gasteiger partial charge in [-0.05, 0) is 12.1 Å². The molecule has 1 rings (SSSR count). The van der Waals surface area contributed by atoms with Crippen molar-refractivity contribution in [1.82, 2.24) is 5.32 Å². The van der Waals surface area contributed by atoms with Crippen LogP contribution in [0.3, 0.4) is 0 Å². The summed E-state index contributed by atoms with van der Waals surface area (Å²) in [7, 11) is 0. The molecule has 0 bridgehead atoms. The van der Waals surface area contributed by atoms with E-state index >= 15 is 0 Å². The third-order valence-corrected chi connectivity index (χ3v) is 2.47. The van der Waals surface area contributed by atoms with Gasteiger partial charge in [-0.25, -0.2) is 8.78 Å². The summed E-state index contributed by atoms with van der Waals surface area (Å²) in [6.07, 6.45) is 0. The van der Waals surface area contributed by atoms with E-state index < -0.39 is 23.1 Å². The second-order valence-electron chi connectivity index (χ2n) is 4.23. The van der Waals surface area contributed by atoms with Crippen LogP contribution in [0.15, 0.2) is 12.1 Å². The molecule has 100 valence electrons. The standard InChI is InChI=1S/C13H12F2N2O2/c1-7(2)11(18)6-17-13(19)12-9(14)3-8(5-16)4-10(12)15/h3-4,7H,6H2,1-2H3,(H,17,19). The topological polar surface area (TPSA) is 70.0 Å². The molecule has 0 aromatic heterocycles. The van der Waals surface area contributed by atoms with Gasteiger partial charge >= 0.3 is 0 Å².